The molecular formula is C10H22N2O2S. The lowest BCUT2D eigenvalue weighted by Gasteiger charge is -2.26. The molecule has 1 aliphatic rings. The van der Waals surface area contributed by atoms with Gasteiger partial charge in [0, 0.05) is 5.54 Å². The summed E-state index contributed by atoms with van der Waals surface area (Å²) in [6.07, 6.45) is 1.75. The largest absolute Gasteiger partial charge is 0.330 e. The zero-order chi connectivity index (χ0) is 11.5. The van der Waals surface area contributed by atoms with Gasteiger partial charge in [0.15, 0.2) is 9.84 Å². The summed E-state index contributed by atoms with van der Waals surface area (Å²) in [7, 11) is -2.81. The minimum absolute atomic E-state index is 0.235. The van der Waals surface area contributed by atoms with Crippen molar-refractivity contribution in [3.8, 4) is 0 Å². The topological polar surface area (TPSA) is 72.2 Å². The Morgan fingerprint density at radius 3 is 2.60 bits per heavy atom. The summed E-state index contributed by atoms with van der Waals surface area (Å²) >= 11 is 0. The second-order valence-corrected chi connectivity index (χ2v) is 6.98. The molecule has 0 aromatic carbocycles. The van der Waals surface area contributed by atoms with E-state index in [1.807, 2.05) is 6.92 Å². The van der Waals surface area contributed by atoms with Crippen LogP contribution in [0.5, 0.6) is 0 Å². The van der Waals surface area contributed by atoms with E-state index in [0.29, 0.717) is 18.2 Å². The summed E-state index contributed by atoms with van der Waals surface area (Å²) in [5.74, 6) is 1.03. The molecule has 2 unspecified atom stereocenters. The van der Waals surface area contributed by atoms with Gasteiger partial charge in [-0.25, -0.2) is 8.42 Å². The molecule has 3 N–H and O–H groups in total. The predicted octanol–water partition coefficient (Wildman–Crippen LogP) is 0.138. The summed E-state index contributed by atoms with van der Waals surface area (Å²) in [6, 6.07) is 0. The first kappa shape index (κ1) is 12.9. The minimum atomic E-state index is -2.81. The number of nitrogens with one attached hydrogen (secondary N) is 1. The van der Waals surface area contributed by atoms with Gasteiger partial charge < -0.3 is 11.1 Å². The van der Waals surface area contributed by atoms with Crippen LogP contribution in [0.3, 0.4) is 0 Å². The SMILES string of the molecule is CCC(CN)CNC1(C)CCS(=O)(=O)C1. The molecule has 0 radical (unpaired) electrons. The van der Waals surface area contributed by atoms with Crippen molar-refractivity contribution in [3.05, 3.63) is 0 Å². The third-order valence-electron chi connectivity index (χ3n) is 3.23. The van der Waals surface area contributed by atoms with E-state index in [2.05, 4.69) is 12.2 Å². The Hall–Kier alpha value is -0.130. The fourth-order valence-electron chi connectivity index (χ4n) is 1.93. The van der Waals surface area contributed by atoms with Crippen molar-refractivity contribution in [2.24, 2.45) is 11.7 Å². The first-order valence-electron chi connectivity index (χ1n) is 5.56. The molecular weight excluding hydrogens is 212 g/mol. The van der Waals surface area contributed by atoms with Crippen molar-refractivity contribution in [3.63, 3.8) is 0 Å². The van der Waals surface area contributed by atoms with Crippen molar-refractivity contribution in [2.75, 3.05) is 24.6 Å². The Bertz CT molecular complexity index is 299. The zero-order valence-electron chi connectivity index (χ0n) is 9.62. The highest BCUT2D eigenvalue weighted by Crippen LogP contribution is 2.22. The van der Waals surface area contributed by atoms with E-state index in [4.69, 9.17) is 5.73 Å². The molecule has 1 rings (SSSR count). The third-order valence-corrected chi connectivity index (χ3v) is 5.13. The van der Waals surface area contributed by atoms with E-state index in [-0.39, 0.29) is 11.3 Å². The van der Waals surface area contributed by atoms with Crippen LogP contribution in [0.15, 0.2) is 0 Å². The van der Waals surface area contributed by atoms with Gasteiger partial charge in [-0.3, -0.25) is 0 Å². The van der Waals surface area contributed by atoms with Crippen molar-refractivity contribution < 1.29 is 8.42 Å². The molecule has 1 saturated heterocycles. The maximum absolute atomic E-state index is 11.4. The number of hydrogen-bond donors (Lipinski definition) is 2. The number of sulfone groups is 1. The monoisotopic (exact) mass is 234 g/mol. The lowest BCUT2D eigenvalue weighted by molar-refractivity contribution is 0.351. The molecule has 1 fully saturated rings. The first-order chi connectivity index (χ1) is 6.91. The lowest BCUT2D eigenvalue weighted by Crippen LogP contribution is -2.46. The van der Waals surface area contributed by atoms with E-state index < -0.39 is 9.84 Å². The smallest absolute Gasteiger partial charge is 0.152 e. The van der Waals surface area contributed by atoms with Gasteiger partial charge in [0.25, 0.3) is 0 Å². The molecule has 4 nitrogen and oxygen atoms in total. The van der Waals surface area contributed by atoms with Crippen LogP contribution in [0.1, 0.15) is 26.7 Å². The molecule has 0 bridgehead atoms. The van der Waals surface area contributed by atoms with Crippen molar-refractivity contribution in [2.45, 2.75) is 32.2 Å². The number of rotatable bonds is 5. The highest BCUT2D eigenvalue weighted by Gasteiger charge is 2.37. The van der Waals surface area contributed by atoms with Gasteiger partial charge in [-0.2, -0.15) is 0 Å². The van der Waals surface area contributed by atoms with Crippen LogP contribution < -0.4 is 11.1 Å². The molecule has 0 amide bonds. The van der Waals surface area contributed by atoms with Crippen molar-refractivity contribution in [1.29, 1.82) is 0 Å². The standard InChI is InChI=1S/C10H22N2O2S/c1-3-9(6-11)7-12-10(2)4-5-15(13,14)8-10/h9,12H,3-8,11H2,1-2H3. The molecule has 5 heteroatoms. The fourth-order valence-corrected chi connectivity index (χ4v) is 4.06. The Morgan fingerprint density at radius 2 is 2.20 bits per heavy atom. The fraction of sp³-hybridized carbons (Fsp3) is 1.00. The molecule has 15 heavy (non-hydrogen) atoms. The van der Waals surface area contributed by atoms with Gasteiger partial charge in [-0.15, -0.1) is 0 Å². The van der Waals surface area contributed by atoms with E-state index in [1.54, 1.807) is 0 Å². The summed E-state index contributed by atoms with van der Waals surface area (Å²) in [6.45, 7) is 5.57. The molecule has 0 aliphatic carbocycles. The van der Waals surface area contributed by atoms with Crippen LogP contribution in [0.4, 0.5) is 0 Å². The maximum atomic E-state index is 11.4. The van der Waals surface area contributed by atoms with Crippen LogP contribution in [-0.4, -0.2) is 38.6 Å². The van der Waals surface area contributed by atoms with Crippen LogP contribution >= 0.6 is 0 Å². The second kappa shape index (κ2) is 4.80. The Labute approximate surface area is 92.5 Å². The van der Waals surface area contributed by atoms with Crippen molar-refractivity contribution in [1.82, 2.24) is 5.32 Å². The first-order valence-corrected chi connectivity index (χ1v) is 7.38. The van der Waals surface area contributed by atoms with Gasteiger partial charge in [0.2, 0.25) is 0 Å². The van der Waals surface area contributed by atoms with E-state index in [9.17, 15) is 8.42 Å². The number of nitrogens with two attached hydrogens (primary N) is 1. The van der Waals surface area contributed by atoms with E-state index in [0.717, 1.165) is 19.4 Å². The van der Waals surface area contributed by atoms with Gasteiger partial charge in [-0.05, 0) is 32.4 Å². The molecule has 0 aromatic heterocycles. The van der Waals surface area contributed by atoms with Gasteiger partial charge in [0.1, 0.15) is 0 Å². The predicted molar refractivity (Wildman–Crippen MR) is 62.5 cm³/mol. The number of hydrogen-bond acceptors (Lipinski definition) is 4. The Balaban J connectivity index is 2.45. The Morgan fingerprint density at radius 1 is 1.53 bits per heavy atom. The summed E-state index contributed by atoms with van der Waals surface area (Å²) in [5, 5.41) is 3.36. The van der Waals surface area contributed by atoms with Crippen LogP contribution in [0.2, 0.25) is 0 Å². The third kappa shape index (κ3) is 3.74. The Kier molecular flexibility index (Phi) is 4.14. The van der Waals surface area contributed by atoms with E-state index >= 15 is 0 Å². The molecule has 0 spiro atoms. The average Bonchev–Trinajstić information content (AvgIpc) is 2.43. The molecule has 2 atom stereocenters. The van der Waals surface area contributed by atoms with Crippen molar-refractivity contribution >= 4 is 9.84 Å². The minimum Gasteiger partial charge on any atom is -0.330 e. The molecule has 90 valence electrons. The molecule has 0 saturated carbocycles. The molecule has 1 heterocycles. The average molecular weight is 234 g/mol. The van der Waals surface area contributed by atoms with Crippen LogP contribution in [-0.2, 0) is 9.84 Å². The lowest BCUT2D eigenvalue weighted by atomic mass is 9.99. The second-order valence-electron chi connectivity index (χ2n) is 4.79. The zero-order valence-corrected chi connectivity index (χ0v) is 10.4. The van der Waals surface area contributed by atoms with Gasteiger partial charge in [-0.1, -0.05) is 13.3 Å². The molecule has 0 aromatic rings. The highest BCUT2D eigenvalue weighted by atomic mass is 32.2. The summed E-state index contributed by atoms with van der Waals surface area (Å²) in [5.41, 5.74) is 5.37. The van der Waals surface area contributed by atoms with Crippen LogP contribution in [0, 0.1) is 5.92 Å². The van der Waals surface area contributed by atoms with E-state index in [1.165, 1.54) is 0 Å². The van der Waals surface area contributed by atoms with Gasteiger partial charge >= 0.3 is 0 Å². The quantitative estimate of drug-likeness (QED) is 0.709. The maximum Gasteiger partial charge on any atom is 0.152 e. The highest BCUT2D eigenvalue weighted by molar-refractivity contribution is 7.91. The summed E-state index contributed by atoms with van der Waals surface area (Å²) in [4.78, 5) is 0. The van der Waals surface area contributed by atoms with Crippen LogP contribution in [0.25, 0.3) is 0 Å². The summed E-state index contributed by atoms with van der Waals surface area (Å²) < 4.78 is 22.7. The molecule has 1 aliphatic heterocycles. The van der Waals surface area contributed by atoms with Gasteiger partial charge in [0.05, 0.1) is 11.5 Å². The normalized spacial score (nSPS) is 31.7.